The molecule has 0 spiro atoms. The summed E-state index contributed by atoms with van der Waals surface area (Å²) in [5.74, 6) is 0.886. The summed E-state index contributed by atoms with van der Waals surface area (Å²) in [5, 5.41) is 2.95. The molecule has 2 aromatic heterocycles. The van der Waals surface area contributed by atoms with Crippen LogP contribution in [0.15, 0.2) is 36.8 Å². The first-order chi connectivity index (χ1) is 12.4. The topological polar surface area (TPSA) is 80.2 Å². The molecular weight excluding hydrogens is 330 g/mol. The molecule has 138 valence electrons. The van der Waals surface area contributed by atoms with E-state index in [9.17, 15) is 4.79 Å². The Balaban J connectivity index is 1.58. The van der Waals surface area contributed by atoms with Gasteiger partial charge in [0, 0.05) is 31.4 Å². The summed E-state index contributed by atoms with van der Waals surface area (Å²) in [6.45, 7) is 7.23. The van der Waals surface area contributed by atoms with Gasteiger partial charge in [-0.2, -0.15) is 0 Å². The van der Waals surface area contributed by atoms with Gasteiger partial charge >= 0.3 is 6.09 Å². The molecule has 0 atom stereocenters. The smallest absolute Gasteiger partial charge is 0.407 e. The molecule has 3 rings (SSSR count). The summed E-state index contributed by atoms with van der Waals surface area (Å²) in [6, 6.07) is 7.84. The minimum absolute atomic E-state index is 0.123. The largest absolute Gasteiger partial charge is 0.444 e. The zero-order valence-electron chi connectivity index (χ0n) is 15.5. The number of alkyl carbamates (subject to hydrolysis) is 1. The number of carbonyl (C=O) groups is 1. The number of aromatic nitrogens is 3. The van der Waals surface area contributed by atoms with Crippen molar-refractivity contribution in [1.82, 2.24) is 20.3 Å². The van der Waals surface area contributed by atoms with Crippen LogP contribution in [0.5, 0.6) is 0 Å². The molecule has 1 aliphatic heterocycles. The van der Waals surface area contributed by atoms with Crippen LogP contribution in [-0.2, 0) is 4.74 Å². The SMILES string of the molecule is CC(C)(C)OC(=O)NC1CCN(c2cc(-c3ccccn3)ncn2)CC1. The van der Waals surface area contributed by atoms with E-state index in [-0.39, 0.29) is 12.1 Å². The van der Waals surface area contributed by atoms with Crippen molar-refractivity contribution < 1.29 is 9.53 Å². The third-order valence-electron chi connectivity index (χ3n) is 4.12. The maximum atomic E-state index is 11.9. The quantitative estimate of drug-likeness (QED) is 0.911. The molecule has 1 aliphatic rings. The molecule has 0 aromatic carbocycles. The number of nitrogens with one attached hydrogen (secondary N) is 1. The Labute approximate surface area is 153 Å². The Morgan fingerprint density at radius 2 is 1.92 bits per heavy atom. The van der Waals surface area contributed by atoms with E-state index >= 15 is 0 Å². The molecule has 2 aromatic rings. The standard InChI is InChI=1S/C19H25N5O2/c1-19(2,3)26-18(25)23-14-7-10-24(11-8-14)17-12-16(21-13-22-17)15-6-4-5-9-20-15/h4-6,9,12-14H,7-8,10-11H2,1-3H3,(H,23,25). The third-order valence-corrected chi connectivity index (χ3v) is 4.12. The van der Waals surface area contributed by atoms with Gasteiger partial charge in [-0.1, -0.05) is 6.07 Å². The first-order valence-electron chi connectivity index (χ1n) is 8.89. The van der Waals surface area contributed by atoms with Crippen molar-refractivity contribution in [2.75, 3.05) is 18.0 Å². The predicted octanol–water partition coefficient (Wildman–Crippen LogP) is 3.03. The Kier molecular flexibility index (Phi) is 5.35. The summed E-state index contributed by atoms with van der Waals surface area (Å²) in [6.07, 6.45) is 4.68. The number of piperidine rings is 1. The Morgan fingerprint density at radius 3 is 2.58 bits per heavy atom. The molecule has 0 bridgehead atoms. The van der Waals surface area contributed by atoms with Gasteiger partial charge in [0.05, 0.1) is 11.4 Å². The Hall–Kier alpha value is -2.70. The first-order valence-corrected chi connectivity index (χ1v) is 8.89. The van der Waals surface area contributed by atoms with Crippen molar-refractivity contribution in [2.45, 2.75) is 45.3 Å². The second-order valence-electron chi connectivity index (χ2n) is 7.38. The third kappa shape index (κ3) is 4.91. The van der Waals surface area contributed by atoms with Crippen LogP contribution in [0.4, 0.5) is 10.6 Å². The number of anilines is 1. The molecule has 1 N–H and O–H groups in total. The maximum absolute atomic E-state index is 11.9. The summed E-state index contributed by atoms with van der Waals surface area (Å²) < 4.78 is 5.33. The van der Waals surface area contributed by atoms with E-state index in [2.05, 4.69) is 25.2 Å². The number of carbonyl (C=O) groups excluding carboxylic acids is 1. The van der Waals surface area contributed by atoms with Gasteiger partial charge in [0.2, 0.25) is 0 Å². The number of rotatable bonds is 3. The van der Waals surface area contributed by atoms with Crippen LogP contribution in [0.1, 0.15) is 33.6 Å². The van der Waals surface area contributed by atoms with Crippen molar-refractivity contribution in [2.24, 2.45) is 0 Å². The molecule has 26 heavy (non-hydrogen) atoms. The van der Waals surface area contributed by atoms with Gasteiger partial charge in [-0.3, -0.25) is 4.98 Å². The van der Waals surface area contributed by atoms with Gasteiger partial charge in [0.25, 0.3) is 0 Å². The molecular formula is C19H25N5O2. The molecule has 0 unspecified atom stereocenters. The number of nitrogens with zero attached hydrogens (tertiary/aromatic N) is 4. The minimum atomic E-state index is -0.479. The second-order valence-corrected chi connectivity index (χ2v) is 7.38. The zero-order valence-corrected chi connectivity index (χ0v) is 15.5. The van der Waals surface area contributed by atoms with Crippen molar-refractivity contribution >= 4 is 11.9 Å². The zero-order chi connectivity index (χ0) is 18.6. The van der Waals surface area contributed by atoms with Crippen LogP contribution in [0.25, 0.3) is 11.4 Å². The Morgan fingerprint density at radius 1 is 1.15 bits per heavy atom. The lowest BCUT2D eigenvalue weighted by molar-refractivity contribution is 0.0497. The number of ether oxygens (including phenoxy) is 1. The molecule has 0 aliphatic carbocycles. The highest BCUT2D eigenvalue weighted by Crippen LogP contribution is 2.22. The predicted molar refractivity (Wildman–Crippen MR) is 99.9 cm³/mol. The second kappa shape index (κ2) is 7.68. The molecule has 1 amide bonds. The fourth-order valence-electron chi connectivity index (χ4n) is 2.90. The Bertz CT molecular complexity index is 737. The molecule has 7 nitrogen and oxygen atoms in total. The normalized spacial score (nSPS) is 15.6. The van der Waals surface area contributed by atoms with E-state index in [0.717, 1.165) is 43.1 Å². The van der Waals surface area contributed by atoms with Crippen molar-refractivity contribution in [3.05, 3.63) is 36.8 Å². The van der Waals surface area contributed by atoms with E-state index in [0.29, 0.717) is 0 Å². The van der Waals surface area contributed by atoms with Crippen LogP contribution in [-0.4, -0.2) is 45.8 Å². The van der Waals surface area contributed by atoms with Gasteiger partial charge in [-0.05, 0) is 45.7 Å². The van der Waals surface area contributed by atoms with Gasteiger partial charge in [-0.15, -0.1) is 0 Å². The number of amides is 1. The van der Waals surface area contributed by atoms with Crippen molar-refractivity contribution in [1.29, 1.82) is 0 Å². The summed E-state index contributed by atoms with van der Waals surface area (Å²) >= 11 is 0. The number of hydrogen-bond acceptors (Lipinski definition) is 6. The van der Waals surface area contributed by atoms with Crippen molar-refractivity contribution in [3.8, 4) is 11.4 Å². The molecule has 1 saturated heterocycles. The first kappa shape index (κ1) is 18.1. The lowest BCUT2D eigenvalue weighted by Gasteiger charge is -2.33. The summed E-state index contributed by atoms with van der Waals surface area (Å²) in [4.78, 5) is 27.2. The lowest BCUT2D eigenvalue weighted by atomic mass is 10.1. The van der Waals surface area contributed by atoms with Gasteiger partial charge in [0.1, 0.15) is 17.7 Å². The van der Waals surface area contributed by atoms with Gasteiger partial charge < -0.3 is 15.0 Å². The fourth-order valence-corrected chi connectivity index (χ4v) is 2.90. The van der Waals surface area contributed by atoms with Crippen LogP contribution < -0.4 is 10.2 Å². The highest BCUT2D eigenvalue weighted by molar-refractivity contribution is 5.68. The fraction of sp³-hybridized carbons (Fsp3) is 0.474. The average molecular weight is 355 g/mol. The summed E-state index contributed by atoms with van der Waals surface area (Å²) in [7, 11) is 0. The average Bonchev–Trinajstić information content (AvgIpc) is 2.61. The summed E-state index contributed by atoms with van der Waals surface area (Å²) in [5.41, 5.74) is 1.16. The number of pyridine rings is 1. The molecule has 0 saturated carbocycles. The van der Waals surface area contributed by atoms with E-state index in [1.165, 1.54) is 0 Å². The van der Waals surface area contributed by atoms with E-state index in [1.807, 2.05) is 45.0 Å². The van der Waals surface area contributed by atoms with Gasteiger partial charge in [-0.25, -0.2) is 14.8 Å². The van der Waals surface area contributed by atoms with E-state index in [4.69, 9.17) is 4.74 Å². The highest BCUT2D eigenvalue weighted by atomic mass is 16.6. The molecule has 1 fully saturated rings. The van der Waals surface area contributed by atoms with Crippen LogP contribution >= 0.6 is 0 Å². The molecule has 7 heteroatoms. The number of hydrogen-bond donors (Lipinski definition) is 1. The van der Waals surface area contributed by atoms with E-state index < -0.39 is 5.60 Å². The molecule has 3 heterocycles. The van der Waals surface area contributed by atoms with Gasteiger partial charge in [0.15, 0.2) is 0 Å². The lowest BCUT2D eigenvalue weighted by Crippen LogP contribution is -2.46. The molecule has 0 radical (unpaired) electrons. The highest BCUT2D eigenvalue weighted by Gasteiger charge is 2.24. The van der Waals surface area contributed by atoms with E-state index in [1.54, 1.807) is 12.5 Å². The minimum Gasteiger partial charge on any atom is -0.444 e. The van der Waals surface area contributed by atoms with Crippen molar-refractivity contribution in [3.63, 3.8) is 0 Å². The maximum Gasteiger partial charge on any atom is 0.407 e. The van der Waals surface area contributed by atoms with Crippen LogP contribution in [0.3, 0.4) is 0 Å². The van der Waals surface area contributed by atoms with Crippen LogP contribution in [0.2, 0.25) is 0 Å². The monoisotopic (exact) mass is 355 g/mol. The van der Waals surface area contributed by atoms with Crippen LogP contribution in [0, 0.1) is 0 Å².